The van der Waals surface area contributed by atoms with Crippen LogP contribution in [0.3, 0.4) is 0 Å². The molecule has 4 rings (SSSR count). The average molecular weight is 222 g/mol. The topological polar surface area (TPSA) is 24.8 Å². The smallest absolute Gasteiger partial charge is 0.158 e. The van der Waals surface area contributed by atoms with E-state index in [-0.39, 0.29) is 5.60 Å². The van der Waals surface area contributed by atoms with E-state index >= 15 is 0 Å². The maximum absolute atomic E-state index is 5.87. The second-order valence-electron chi connectivity index (χ2n) is 5.64. The van der Waals surface area contributed by atoms with Crippen molar-refractivity contribution in [3.8, 4) is 0 Å². The summed E-state index contributed by atoms with van der Waals surface area (Å²) in [6.07, 6.45) is 7.39. The molecule has 3 fully saturated rings. The van der Waals surface area contributed by atoms with Gasteiger partial charge in [0.15, 0.2) is 5.60 Å². The van der Waals surface area contributed by atoms with Crippen molar-refractivity contribution >= 4 is 5.71 Å². The summed E-state index contributed by atoms with van der Waals surface area (Å²) >= 11 is 0. The molecule has 0 saturated carbocycles. The van der Waals surface area contributed by atoms with E-state index in [9.17, 15) is 0 Å². The first-order valence-corrected chi connectivity index (χ1v) is 6.79. The van der Waals surface area contributed by atoms with Crippen molar-refractivity contribution in [2.75, 3.05) is 19.6 Å². The number of oxime groups is 1. The Bertz CT molecular complexity index is 294. The molecule has 3 heteroatoms. The summed E-state index contributed by atoms with van der Waals surface area (Å²) in [5, 5.41) is 4.36. The van der Waals surface area contributed by atoms with Gasteiger partial charge in [0, 0.05) is 18.9 Å². The molecule has 0 amide bonds. The lowest BCUT2D eigenvalue weighted by atomic mass is 9.73. The second kappa shape index (κ2) is 4.02. The molecule has 0 aromatic carbocycles. The molecular formula is C13H22N2O. The molecule has 16 heavy (non-hydrogen) atoms. The Morgan fingerprint density at radius 1 is 1.44 bits per heavy atom. The van der Waals surface area contributed by atoms with Crippen molar-refractivity contribution in [3.63, 3.8) is 0 Å². The zero-order valence-corrected chi connectivity index (χ0v) is 10.2. The summed E-state index contributed by atoms with van der Waals surface area (Å²) in [4.78, 5) is 8.43. The van der Waals surface area contributed by atoms with E-state index in [1.165, 1.54) is 44.5 Å². The lowest BCUT2D eigenvalue weighted by Gasteiger charge is -2.49. The molecule has 1 spiro atoms. The highest BCUT2D eigenvalue weighted by atomic mass is 16.7. The van der Waals surface area contributed by atoms with Crippen LogP contribution in [-0.2, 0) is 4.84 Å². The Morgan fingerprint density at radius 3 is 2.88 bits per heavy atom. The van der Waals surface area contributed by atoms with Crippen LogP contribution < -0.4 is 0 Å². The number of nitrogens with zero attached hydrogens (tertiary/aromatic N) is 2. The first-order chi connectivity index (χ1) is 7.82. The van der Waals surface area contributed by atoms with Gasteiger partial charge in [-0.3, -0.25) is 4.90 Å². The van der Waals surface area contributed by atoms with Gasteiger partial charge in [0.1, 0.15) is 0 Å². The van der Waals surface area contributed by atoms with E-state index < -0.39 is 0 Å². The van der Waals surface area contributed by atoms with Crippen LogP contribution >= 0.6 is 0 Å². The Hall–Kier alpha value is -0.570. The molecule has 0 aromatic heterocycles. The Labute approximate surface area is 97.8 Å². The molecule has 1 unspecified atom stereocenters. The molecule has 3 nitrogen and oxygen atoms in total. The molecule has 0 aliphatic carbocycles. The van der Waals surface area contributed by atoms with E-state index in [1.807, 2.05) is 0 Å². The molecule has 4 aliphatic rings. The summed E-state index contributed by atoms with van der Waals surface area (Å²) in [5.41, 5.74) is 1.40. The molecule has 4 heterocycles. The largest absolute Gasteiger partial charge is 0.387 e. The predicted octanol–water partition coefficient (Wildman–Crippen LogP) is 2.42. The SMILES string of the molecule is CCCCC1=NOC2(C1)CN1CCC2CC1. The minimum atomic E-state index is 0.0829. The quantitative estimate of drug-likeness (QED) is 0.732. The van der Waals surface area contributed by atoms with Crippen LogP contribution in [-0.4, -0.2) is 35.8 Å². The third-order valence-electron chi connectivity index (χ3n) is 4.50. The summed E-state index contributed by atoms with van der Waals surface area (Å²) in [7, 11) is 0. The highest BCUT2D eigenvalue weighted by molar-refractivity contribution is 5.86. The van der Waals surface area contributed by atoms with E-state index in [0.29, 0.717) is 0 Å². The van der Waals surface area contributed by atoms with Gasteiger partial charge in [-0.1, -0.05) is 18.5 Å². The number of hydrogen-bond acceptors (Lipinski definition) is 3. The standard InChI is InChI=1S/C13H22N2O/c1-2-3-4-12-9-13(16-14-12)10-15-7-5-11(13)6-8-15/h11H,2-10H2,1H3. The van der Waals surface area contributed by atoms with Crippen molar-refractivity contribution in [1.82, 2.24) is 4.90 Å². The minimum Gasteiger partial charge on any atom is -0.387 e. The lowest BCUT2D eigenvalue weighted by molar-refractivity contribution is -0.136. The van der Waals surface area contributed by atoms with Crippen LogP contribution in [0, 0.1) is 5.92 Å². The maximum atomic E-state index is 5.87. The van der Waals surface area contributed by atoms with Crippen LogP contribution in [0.2, 0.25) is 0 Å². The zero-order valence-electron chi connectivity index (χ0n) is 10.2. The van der Waals surface area contributed by atoms with Crippen molar-refractivity contribution in [3.05, 3.63) is 0 Å². The van der Waals surface area contributed by atoms with Gasteiger partial charge in [-0.05, 0) is 38.8 Å². The van der Waals surface area contributed by atoms with Crippen LogP contribution in [0.4, 0.5) is 0 Å². The average Bonchev–Trinajstić information content (AvgIpc) is 2.71. The van der Waals surface area contributed by atoms with Crippen molar-refractivity contribution in [2.24, 2.45) is 11.1 Å². The number of piperidine rings is 3. The molecule has 0 aromatic rings. The molecule has 1 atom stereocenters. The molecule has 90 valence electrons. The van der Waals surface area contributed by atoms with Crippen LogP contribution in [0.5, 0.6) is 0 Å². The summed E-state index contributed by atoms with van der Waals surface area (Å²) in [6, 6.07) is 0. The normalized spacial score (nSPS) is 41.2. The van der Waals surface area contributed by atoms with Crippen LogP contribution in [0.1, 0.15) is 45.4 Å². The number of rotatable bonds is 3. The summed E-state index contributed by atoms with van der Waals surface area (Å²) in [5.74, 6) is 0.764. The van der Waals surface area contributed by atoms with Gasteiger partial charge in [0.2, 0.25) is 0 Å². The molecule has 2 bridgehead atoms. The third-order valence-corrected chi connectivity index (χ3v) is 4.50. The molecule has 4 aliphatic heterocycles. The molecule has 0 N–H and O–H groups in total. The summed E-state index contributed by atoms with van der Waals surface area (Å²) < 4.78 is 0. The highest BCUT2D eigenvalue weighted by Gasteiger charge is 2.51. The van der Waals surface area contributed by atoms with E-state index in [4.69, 9.17) is 4.84 Å². The van der Waals surface area contributed by atoms with E-state index in [0.717, 1.165) is 25.3 Å². The van der Waals surface area contributed by atoms with Crippen LogP contribution in [0.15, 0.2) is 5.16 Å². The van der Waals surface area contributed by atoms with Gasteiger partial charge < -0.3 is 4.84 Å². The van der Waals surface area contributed by atoms with Gasteiger partial charge in [-0.25, -0.2) is 0 Å². The highest BCUT2D eigenvalue weighted by Crippen LogP contribution is 2.43. The van der Waals surface area contributed by atoms with Crippen molar-refractivity contribution in [1.29, 1.82) is 0 Å². The number of fused-ring (bicyclic) bond motifs is 2. The second-order valence-corrected chi connectivity index (χ2v) is 5.64. The van der Waals surface area contributed by atoms with E-state index in [1.54, 1.807) is 0 Å². The lowest BCUT2D eigenvalue weighted by Crippen LogP contribution is -2.59. The van der Waals surface area contributed by atoms with Gasteiger partial charge >= 0.3 is 0 Å². The minimum absolute atomic E-state index is 0.0829. The molecule has 3 saturated heterocycles. The first kappa shape index (κ1) is 10.6. The third kappa shape index (κ3) is 1.65. The first-order valence-electron chi connectivity index (χ1n) is 6.79. The Balaban J connectivity index is 1.65. The predicted molar refractivity (Wildman–Crippen MR) is 64.6 cm³/mol. The van der Waals surface area contributed by atoms with Crippen LogP contribution in [0.25, 0.3) is 0 Å². The Morgan fingerprint density at radius 2 is 2.25 bits per heavy atom. The molecule has 0 radical (unpaired) electrons. The van der Waals surface area contributed by atoms with Gasteiger partial charge in [0.05, 0.1) is 5.71 Å². The molecular weight excluding hydrogens is 200 g/mol. The van der Waals surface area contributed by atoms with Gasteiger partial charge in [-0.2, -0.15) is 0 Å². The Kier molecular flexibility index (Phi) is 2.66. The maximum Gasteiger partial charge on any atom is 0.158 e. The summed E-state index contributed by atoms with van der Waals surface area (Å²) in [6.45, 7) is 5.91. The van der Waals surface area contributed by atoms with Crippen molar-refractivity contribution < 1.29 is 4.84 Å². The number of hydrogen-bond donors (Lipinski definition) is 0. The monoisotopic (exact) mass is 222 g/mol. The number of unbranched alkanes of at least 4 members (excludes halogenated alkanes) is 1. The zero-order chi connectivity index (χ0) is 11.0. The van der Waals surface area contributed by atoms with Gasteiger partial charge in [0.25, 0.3) is 0 Å². The fourth-order valence-electron chi connectivity index (χ4n) is 3.51. The van der Waals surface area contributed by atoms with E-state index in [2.05, 4.69) is 17.0 Å². The van der Waals surface area contributed by atoms with Crippen molar-refractivity contribution in [2.45, 2.75) is 51.0 Å². The van der Waals surface area contributed by atoms with Gasteiger partial charge in [-0.15, -0.1) is 0 Å². The fraction of sp³-hybridized carbons (Fsp3) is 0.923. The fourth-order valence-corrected chi connectivity index (χ4v) is 3.51.